The van der Waals surface area contributed by atoms with Crippen LogP contribution in [0.3, 0.4) is 0 Å². The second kappa shape index (κ2) is 7.83. The van der Waals surface area contributed by atoms with Crippen LogP contribution in [0.2, 0.25) is 0 Å². The molecular weight excluding hydrogens is 394 g/mol. The number of hydrogen-bond acceptors (Lipinski definition) is 5. The number of benzene rings is 2. The van der Waals surface area contributed by atoms with E-state index in [9.17, 15) is 13.2 Å². The molecule has 0 bridgehead atoms. The molecule has 1 fully saturated rings. The highest BCUT2D eigenvalue weighted by Crippen LogP contribution is 2.24. The lowest BCUT2D eigenvalue weighted by atomic mass is 10.2. The van der Waals surface area contributed by atoms with Gasteiger partial charge in [-0.15, -0.1) is 11.3 Å². The number of hydrogen-bond donors (Lipinski definition) is 1. The fraction of sp³-hybridized carbons (Fsp3) is 0.200. The number of nitrogens with zero attached hydrogens (tertiary/aromatic N) is 2. The molecule has 0 spiro atoms. The lowest BCUT2D eigenvalue weighted by Gasteiger charge is -2.16. The van der Waals surface area contributed by atoms with Gasteiger partial charge >= 0.3 is 0 Å². The van der Waals surface area contributed by atoms with Gasteiger partial charge in [0.1, 0.15) is 5.01 Å². The highest BCUT2D eigenvalue weighted by Gasteiger charge is 2.22. The third-order valence-electron chi connectivity index (χ3n) is 4.55. The molecule has 144 valence electrons. The van der Waals surface area contributed by atoms with Gasteiger partial charge in [0, 0.05) is 29.6 Å². The van der Waals surface area contributed by atoms with Crippen molar-refractivity contribution >= 4 is 33.0 Å². The first-order valence-electron chi connectivity index (χ1n) is 8.93. The van der Waals surface area contributed by atoms with Crippen LogP contribution in [0.4, 0.5) is 5.69 Å². The first kappa shape index (κ1) is 18.8. The van der Waals surface area contributed by atoms with Crippen LogP contribution < -0.4 is 9.62 Å². The second-order valence-electron chi connectivity index (χ2n) is 6.48. The molecule has 2 heterocycles. The number of carbonyl (C=O) groups excluding carboxylic acids is 1. The van der Waals surface area contributed by atoms with Crippen molar-refractivity contribution in [1.29, 1.82) is 0 Å². The lowest BCUT2D eigenvalue weighted by Crippen LogP contribution is -2.25. The van der Waals surface area contributed by atoms with Gasteiger partial charge in [0.05, 0.1) is 17.1 Å². The molecule has 0 saturated carbocycles. The van der Waals surface area contributed by atoms with Crippen molar-refractivity contribution < 1.29 is 13.2 Å². The van der Waals surface area contributed by atoms with Gasteiger partial charge in [-0.1, -0.05) is 30.3 Å². The smallest absolute Gasteiger partial charge is 0.240 e. The normalized spacial score (nSPS) is 14.6. The first-order valence-corrected chi connectivity index (χ1v) is 11.3. The highest BCUT2D eigenvalue weighted by atomic mass is 32.2. The maximum Gasteiger partial charge on any atom is 0.240 e. The van der Waals surface area contributed by atoms with E-state index >= 15 is 0 Å². The Morgan fingerprint density at radius 1 is 1.07 bits per heavy atom. The Morgan fingerprint density at radius 2 is 1.82 bits per heavy atom. The summed E-state index contributed by atoms with van der Waals surface area (Å²) >= 11 is 1.48. The van der Waals surface area contributed by atoms with Crippen molar-refractivity contribution in [3.8, 4) is 10.6 Å². The maximum atomic E-state index is 12.6. The van der Waals surface area contributed by atoms with Crippen molar-refractivity contribution in [2.45, 2.75) is 24.3 Å². The third-order valence-corrected chi connectivity index (χ3v) is 6.91. The van der Waals surface area contributed by atoms with Gasteiger partial charge in [-0.3, -0.25) is 4.79 Å². The molecule has 6 nitrogen and oxygen atoms in total. The van der Waals surface area contributed by atoms with E-state index in [4.69, 9.17) is 0 Å². The quantitative estimate of drug-likeness (QED) is 0.672. The average molecular weight is 414 g/mol. The van der Waals surface area contributed by atoms with E-state index in [1.807, 2.05) is 35.7 Å². The summed E-state index contributed by atoms with van der Waals surface area (Å²) in [7, 11) is -3.66. The van der Waals surface area contributed by atoms with E-state index in [1.165, 1.54) is 23.5 Å². The van der Waals surface area contributed by atoms with Crippen molar-refractivity contribution in [1.82, 2.24) is 9.71 Å². The summed E-state index contributed by atoms with van der Waals surface area (Å²) < 4.78 is 27.7. The van der Waals surface area contributed by atoms with Gasteiger partial charge in [0.2, 0.25) is 15.9 Å². The van der Waals surface area contributed by atoms with Crippen molar-refractivity contribution in [2.24, 2.45) is 0 Å². The summed E-state index contributed by atoms with van der Waals surface area (Å²) in [6.07, 6.45) is 1.37. The molecule has 0 aliphatic carbocycles. The zero-order valence-electron chi connectivity index (χ0n) is 15.0. The fourth-order valence-electron chi connectivity index (χ4n) is 3.08. The molecule has 4 rings (SSSR count). The topological polar surface area (TPSA) is 79.4 Å². The Bertz CT molecular complexity index is 1080. The zero-order chi connectivity index (χ0) is 19.6. The predicted molar refractivity (Wildman–Crippen MR) is 110 cm³/mol. The number of rotatable bonds is 6. The molecular formula is C20H19N3O3S2. The minimum absolute atomic E-state index is 0.0754. The van der Waals surface area contributed by atoms with Gasteiger partial charge in [-0.25, -0.2) is 18.1 Å². The Hall–Kier alpha value is -2.55. The maximum absolute atomic E-state index is 12.6. The van der Waals surface area contributed by atoms with Gasteiger partial charge in [0.15, 0.2) is 0 Å². The number of nitrogens with one attached hydrogen (secondary N) is 1. The monoisotopic (exact) mass is 413 g/mol. The minimum atomic E-state index is -3.66. The highest BCUT2D eigenvalue weighted by molar-refractivity contribution is 7.89. The van der Waals surface area contributed by atoms with Gasteiger partial charge in [-0.2, -0.15) is 0 Å². The molecule has 1 aliphatic heterocycles. The van der Waals surface area contributed by atoms with Crippen LogP contribution in [0.15, 0.2) is 64.9 Å². The summed E-state index contributed by atoms with van der Waals surface area (Å²) in [5.41, 5.74) is 2.41. The Labute approximate surface area is 167 Å². The summed E-state index contributed by atoms with van der Waals surface area (Å²) in [6.45, 7) is 0.800. The number of thiazole rings is 1. The SMILES string of the molecule is O=C1CCCN1c1ccc(S(=O)(=O)NCc2csc(-c3ccccc3)n2)cc1. The molecule has 8 heteroatoms. The summed E-state index contributed by atoms with van der Waals surface area (Å²) in [5.74, 6) is 0.0754. The number of carbonyl (C=O) groups is 1. The van der Waals surface area contributed by atoms with Gasteiger partial charge in [0.25, 0.3) is 0 Å². The van der Waals surface area contributed by atoms with Crippen LogP contribution in [-0.2, 0) is 21.4 Å². The molecule has 0 atom stereocenters. The van der Waals surface area contributed by atoms with E-state index in [-0.39, 0.29) is 17.3 Å². The van der Waals surface area contributed by atoms with Crippen LogP contribution in [0, 0.1) is 0 Å². The van der Waals surface area contributed by atoms with E-state index in [2.05, 4.69) is 9.71 Å². The standard InChI is InChI=1S/C20H19N3O3S2/c24-19-7-4-12-23(19)17-8-10-18(11-9-17)28(25,26)21-13-16-14-27-20(22-16)15-5-2-1-3-6-15/h1-3,5-6,8-11,14,21H,4,7,12-13H2. The summed E-state index contributed by atoms with van der Waals surface area (Å²) in [6, 6.07) is 16.2. The molecule has 28 heavy (non-hydrogen) atoms. The molecule has 2 aromatic carbocycles. The van der Waals surface area contributed by atoms with Crippen molar-refractivity contribution in [3.05, 3.63) is 65.7 Å². The zero-order valence-corrected chi connectivity index (χ0v) is 16.7. The molecule has 3 aromatic rings. The largest absolute Gasteiger partial charge is 0.312 e. The van der Waals surface area contributed by atoms with Crippen molar-refractivity contribution in [3.63, 3.8) is 0 Å². The third kappa shape index (κ3) is 3.99. The van der Waals surface area contributed by atoms with Crippen molar-refractivity contribution in [2.75, 3.05) is 11.4 Å². The minimum Gasteiger partial charge on any atom is -0.312 e. The average Bonchev–Trinajstić information content (AvgIpc) is 3.36. The first-order chi connectivity index (χ1) is 13.5. The number of aromatic nitrogens is 1. The van der Waals surface area contributed by atoms with Crippen LogP contribution >= 0.6 is 11.3 Å². The Morgan fingerprint density at radius 3 is 2.50 bits per heavy atom. The molecule has 1 aromatic heterocycles. The number of anilines is 1. The van der Waals surface area contributed by atoms with Crippen LogP contribution in [0.5, 0.6) is 0 Å². The van der Waals surface area contributed by atoms with Crippen LogP contribution in [-0.4, -0.2) is 25.9 Å². The van der Waals surface area contributed by atoms with E-state index in [1.54, 1.807) is 17.0 Å². The number of amides is 1. The predicted octanol–water partition coefficient (Wildman–Crippen LogP) is 3.42. The Kier molecular flexibility index (Phi) is 5.25. The van der Waals surface area contributed by atoms with Gasteiger partial charge in [-0.05, 0) is 30.7 Å². The second-order valence-corrected chi connectivity index (χ2v) is 9.10. The molecule has 1 amide bonds. The molecule has 0 unspecified atom stereocenters. The summed E-state index contributed by atoms with van der Waals surface area (Å²) in [4.78, 5) is 18.2. The van der Waals surface area contributed by atoms with E-state index in [0.717, 1.165) is 22.7 Å². The van der Waals surface area contributed by atoms with E-state index < -0.39 is 10.0 Å². The van der Waals surface area contributed by atoms with Gasteiger partial charge < -0.3 is 4.90 Å². The van der Waals surface area contributed by atoms with E-state index in [0.29, 0.717) is 18.7 Å². The summed E-state index contributed by atoms with van der Waals surface area (Å²) in [5, 5.41) is 2.71. The molecule has 1 saturated heterocycles. The Balaban J connectivity index is 1.43. The molecule has 1 aliphatic rings. The fourth-order valence-corrected chi connectivity index (χ4v) is 4.90. The van der Waals surface area contributed by atoms with Crippen LogP contribution in [0.25, 0.3) is 10.6 Å². The molecule has 1 N–H and O–H groups in total. The number of sulfonamides is 1. The molecule has 0 radical (unpaired) electrons. The lowest BCUT2D eigenvalue weighted by molar-refractivity contribution is -0.117. The van der Waals surface area contributed by atoms with Crippen LogP contribution in [0.1, 0.15) is 18.5 Å².